The fraction of sp³-hybridized carbons (Fsp3) is 0. The summed E-state index contributed by atoms with van der Waals surface area (Å²) in [6, 6.07) is 54.0. The van der Waals surface area contributed by atoms with Crippen molar-refractivity contribution < 1.29 is 4.42 Å². The number of benzene rings is 7. The van der Waals surface area contributed by atoms with E-state index < -0.39 is 0 Å². The van der Waals surface area contributed by atoms with Crippen LogP contribution < -0.4 is 4.90 Å². The number of anilines is 3. The van der Waals surface area contributed by atoms with Crippen LogP contribution in [0.3, 0.4) is 0 Å². The van der Waals surface area contributed by atoms with Gasteiger partial charge in [0.15, 0.2) is 0 Å². The first-order valence-corrected chi connectivity index (χ1v) is 13.6. The lowest BCUT2D eigenvalue weighted by atomic mass is 9.98. The van der Waals surface area contributed by atoms with E-state index in [0.29, 0.717) is 0 Å². The number of para-hydroxylation sites is 2. The van der Waals surface area contributed by atoms with Crippen LogP contribution in [0.2, 0.25) is 0 Å². The average Bonchev–Trinajstić information content (AvgIpc) is 3.39. The van der Waals surface area contributed by atoms with Crippen molar-refractivity contribution in [1.29, 1.82) is 0 Å². The van der Waals surface area contributed by atoms with Gasteiger partial charge in [0, 0.05) is 27.8 Å². The second-order valence-corrected chi connectivity index (χ2v) is 10.3. The fourth-order valence-electron chi connectivity index (χ4n) is 5.80. The molecule has 1 aromatic heterocycles. The summed E-state index contributed by atoms with van der Waals surface area (Å²) in [7, 11) is 0. The maximum absolute atomic E-state index is 6.12. The molecule has 0 amide bonds. The van der Waals surface area contributed by atoms with Crippen LogP contribution in [0.25, 0.3) is 54.6 Å². The van der Waals surface area contributed by atoms with E-state index in [1.54, 1.807) is 0 Å². The van der Waals surface area contributed by atoms with Crippen LogP contribution in [0.15, 0.2) is 156 Å². The highest BCUT2D eigenvalue weighted by molar-refractivity contribution is 6.06. The van der Waals surface area contributed by atoms with Gasteiger partial charge in [-0.15, -0.1) is 0 Å². The minimum atomic E-state index is 0.900. The van der Waals surface area contributed by atoms with Crippen molar-refractivity contribution in [1.82, 2.24) is 0 Å². The molecule has 2 heteroatoms. The van der Waals surface area contributed by atoms with Gasteiger partial charge in [0.05, 0.1) is 0 Å². The molecule has 0 aliphatic carbocycles. The van der Waals surface area contributed by atoms with E-state index in [1.807, 2.05) is 12.1 Å². The lowest BCUT2D eigenvalue weighted by molar-refractivity contribution is 0.669. The Morgan fingerprint density at radius 3 is 1.80 bits per heavy atom. The van der Waals surface area contributed by atoms with Crippen molar-refractivity contribution in [2.75, 3.05) is 4.90 Å². The molecule has 0 N–H and O–H groups in total. The lowest BCUT2D eigenvalue weighted by Gasteiger charge is -2.26. The van der Waals surface area contributed by atoms with E-state index in [-0.39, 0.29) is 0 Å². The van der Waals surface area contributed by atoms with E-state index in [1.165, 1.54) is 32.7 Å². The van der Waals surface area contributed by atoms with Gasteiger partial charge in [-0.3, -0.25) is 0 Å². The van der Waals surface area contributed by atoms with E-state index >= 15 is 0 Å². The van der Waals surface area contributed by atoms with Crippen molar-refractivity contribution >= 4 is 60.5 Å². The number of rotatable bonds is 4. The molecule has 40 heavy (non-hydrogen) atoms. The van der Waals surface area contributed by atoms with Gasteiger partial charge in [-0.25, -0.2) is 0 Å². The van der Waals surface area contributed by atoms with Crippen molar-refractivity contribution in [3.05, 3.63) is 152 Å². The molecule has 8 aromatic rings. The Hall–Kier alpha value is -5.34. The van der Waals surface area contributed by atoms with Crippen molar-refractivity contribution in [3.8, 4) is 11.1 Å². The van der Waals surface area contributed by atoms with Gasteiger partial charge in [-0.2, -0.15) is 0 Å². The smallest absolute Gasteiger partial charge is 0.135 e. The van der Waals surface area contributed by atoms with Gasteiger partial charge in [0.1, 0.15) is 11.2 Å². The highest BCUT2D eigenvalue weighted by atomic mass is 16.3. The van der Waals surface area contributed by atoms with Gasteiger partial charge >= 0.3 is 0 Å². The number of fused-ring (bicyclic) bond motifs is 5. The van der Waals surface area contributed by atoms with Crippen molar-refractivity contribution in [2.24, 2.45) is 0 Å². The highest BCUT2D eigenvalue weighted by Crippen LogP contribution is 2.40. The molecule has 0 unspecified atom stereocenters. The predicted molar refractivity (Wildman–Crippen MR) is 169 cm³/mol. The second kappa shape index (κ2) is 9.14. The molecule has 0 saturated heterocycles. The molecule has 0 fully saturated rings. The topological polar surface area (TPSA) is 16.4 Å². The molecular formula is C38H25NO. The van der Waals surface area contributed by atoms with Crippen LogP contribution in [0.5, 0.6) is 0 Å². The lowest BCUT2D eigenvalue weighted by Crippen LogP contribution is -2.09. The molecule has 7 aromatic carbocycles. The molecule has 0 saturated carbocycles. The molecule has 0 aliphatic heterocycles. The summed E-state index contributed by atoms with van der Waals surface area (Å²) in [5, 5.41) is 7.19. The quantitative estimate of drug-likeness (QED) is 0.234. The number of hydrogen-bond acceptors (Lipinski definition) is 2. The van der Waals surface area contributed by atoms with Crippen LogP contribution in [0, 0.1) is 0 Å². The van der Waals surface area contributed by atoms with Crippen LogP contribution >= 0.6 is 0 Å². The van der Waals surface area contributed by atoms with Crippen LogP contribution in [0.4, 0.5) is 17.1 Å². The summed E-state index contributed by atoms with van der Waals surface area (Å²) < 4.78 is 6.12. The van der Waals surface area contributed by atoms with E-state index in [2.05, 4.69) is 144 Å². The Bertz CT molecular complexity index is 2170. The van der Waals surface area contributed by atoms with Gasteiger partial charge in [-0.05, 0) is 93.3 Å². The summed E-state index contributed by atoms with van der Waals surface area (Å²) in [6.07, 6.45) is 0. The third-order valence-electron chi connectivity index (χ3n) is 7.80. The number of furan rings is 1. The minimum absolute atomic E-state index is 0.900. The van der Waals surface area contributed by atoms with Crippen LogP contribution in [-0.2, 0) is 0 Å². The van der Waals surface area contributed by atoms with Gasteiger partial charge < -0.3 is 9.32 Å². The van der Waals surface area contributed by atoms with Crippen molar-refractivity contribution in [3.63, 3.8) is 0 Å². The van der Waals surface area contributed by atoms with E-state index in [9.17, 15) is 0 Å². The Morgan fingerprint density at radius 2 is 0.950 bits per heavy atom. The summed E-state index contributed by atoms with van der Waals surface area (Å²) >= 11 is 0. The van der Waals surface area contributed by atoms with Gasteiger partial charge in [-0.1, -0.05) is 91.0 Å². The first kappa shape index (κ1) is 22.6. The zero-order chi connectivity index (χ0) is 26.5. The molecule has 0 spiro atoms. The maximum Gasteiger partial charge on any atom is 0.135 e. The van der Waals surface area contributed by atoms with Crippen molar-refractivity contribution in [2.45, 2.75) is 0 Å². The first-order chi connectivity index (χ1) is 19.8. The minimum Gasteiger partial charge on any atom is -0.456 e. The molecule has 1 heterocycles. The Morgan fingerprint density at radius 1 is 0.350 bits per heavy atom. The molecule has 0 radical (unpaired) electrons. The summed E-state index contributed by atoms with van der Waals surface area (Å²) in [5.41, 5.74) is 7.57. The molecule has 0 aliphatic rings. The average molecular weight is 512 g/mol. The van der Waals surface area contributed by atoms with E-state index in [0.717, 1.165) is 39.0 Å². The SMILES string of the molecule is c1ccc(N(c2ccc3ccc(-c4ccc5ccccc5c4)cc3c2)c2ccc3oc4ccccc4c3c2)cc1. The Balaban J connectivity index is 1.28. The number of nitrogens with zero attached hydrogens (tertiary/aromatic N) is 1. The molecule has 188 valence electrons. The number of hydrogen-bond donors (Lipinski definition) is 0. The van der Waals surface area contributed by atoms with E-state index in [4.69, 9.17) is 4.42 Å². The molecular weight excluding hydrogens is 486 g/mol. The Labute approximate surface area is 232 Å². The van der Waals surface area contributed by atoms with Crippen LogP contribution in [0.1, 0.15) is 0 Å². The third-order valence-corrected chi connectivity index (χ3v) is 7.80. The maximum atomic E-state index is 6.12. The largest absolute Gasteiger partial charge is 0.456 e. The normalized spacial score (nSPS) is 11.5. The van der Waals surface area contributed by atoms with Gasteiger partial charge in [0.2, 0.25) is 0 Å². The zero-order valence-corrected chi connectivity index (χ0v) is 21.8. The van der Waals surface area contributed by atoms with Gasteiger partial charge in [0.25, 0.3) is 0 Å². The second-order valence-electron chi connectivity index (χ2n) is 10.3. The molecule has 0 atom stereocenters. The molecule has 8 rings (SSSR count). The molecule has 0 bridgehead atoms. The molecule has 2 nitrogen and oxygen atoms in total. The summed E-state index contributed by atoms with van der Waals surface area (Å²) in [4.78, 5) is 2.32. The first-order valence-electron chi connectivity index (χ1n) is 13.6. The fourth-order valence-corrected chi connectivity index (χ4v) is 5.80. The summed E-state index contributed by atoms with van der Waals surface area (Å²) in [5.74, 6) is 0. The standard InChI is InChI=1S/C38H25NO/c1-2-10-32(11-3-1)39(34-20-21-38-36(25-34)35-12-6-7-13-37(35)40-38)33-19-18-27-15-17-30(23-31(27)24-33)29-16-14-26-8-4-5-9-28(26)22-29/h1-25H. The van der Waals surface area contributed by atoms with Crippen LogP contribution in [-0.4, -0.2) is 0 Å². The zero-order valence-electron chi connectivity index (χ0n) is 21.8. The predicted octanol–water partition coefficient (Wildman–Crippen LogP) is 11.0. The monoisotopic (exact) mass is 511 g/mol. The third kappa shape index (κ3) is 3.81. The highest BCUT2D eigenvalue weighted by Gasteiger charge is 2.16. The Kier molecular flexibility index (Phi) is 5.17. The summed E-state index contributed by atoms with van der Waals surface area (Å²) in [6.45, 7) is 0.